The molecule has 0 unspecified atom stereocenters. The first-order valence-corrected chi connectivity index (χ1v) is 8.26. The van der Waals surface area contributed by atoms with Gasteiger partial charge in [0.1, 0.15) is 5.82 Å². The van der Waals surface area contributed by atoms with Gasteiger partial charge in [0.2, 0.25) is 0 Å². The Morgan fingerprint density at radius 3 is 2.17 bits per heavy atom. The van der Waals surface area contributed by atoms with Gasteiger partial charge in [0, 0.05) is 5.56 Å². The molecule has 2 nitrogen and oxygen atoms in total. The molecule has 2 heteroatoms. The van der Waals surface area contributed by atoms with Crippen LogP contribution in [0.3, 0.4) is 0 Å². The predicted molar refractivity (Wildman–Crippen MR) is 101 cm³/mol. The third-order valence-electron chi connectivity index (χ3n) is 4.51. The highest BCUT2D eigenvalue weighted by molar-refractivity contribution is 5.84. The van der Waals surface area contributed by atoms with E-state index in [1.165, 1.54) is 22.4 Å². The molecular formula is C22H20N2. The van der Waals surface area contributed by atoms with Crippen LogP contribution in [-0.4, -0.2) is 9.55 Å². The molecule has 0 aliphatic rings. The van der Waals surface area contributed by atoms with Gasteiger partial charge in [-0.15, -0.1) is 0 Å². The molecule has 0 saturated heterocycles. The summed E-state index contributed by atoms with van der Waals surface area (Å²) in [4.78, 5) is 4.95. The fourth-order valence-electron chi connectivity index (χ4n) is 3.35. The predicted octanol–water partition coefficient (Wildman–Crippen LogP) is 5.62. The second kappa shape index (κ2) is 5.64. The van der Waals surface area contributed by atoms with Crippen molar-refractivity contribution in [1.29, 1.82) is 0 Å². The van der Waals surface area contributed by atoms with Gasteiger partial charge in [-0.25, -0.2) is 4.98 Å². The first kappa shape index (κ1) is 14.7. The number of imidazole rings is 1. The molecule has 118 valence electrons. The van der Waals surface area contributed by atoms with Gasteiger partial charge in [-0.2, -0.15) is 0 Å². The van der Waals surface area contributed by atoms with E-state index in [1.54, 1.807) is 0 Å². The molecule has 3 aromatic carbocycles. The minimum atomic E-state index is 0.994. The minimum Gasteiger partial charge on any atom is -0.292 e. The van der Waals surface area contributed by atoms with Crippen molar-refractivity contribution < 1.29 is 0 Å². The zero-order valence-corrected chi connectivity index (χ0v) is 14.2. The second-order valence-corrected chi connectivity index (χ2v) is 6.37. The van der Waals surface area contributed by atoms with Gasteiger partial charge >= 0.3 is 0 Å². The molecule has 0 aliphatic carbocycles. The molecule has 0 atom stereocenters. The van der Waals surface area contributed by atoms with Crippen LogP contribution in [0.1, 0.15) is 16.7 Å². The summed E-state index contributed by atoms with van der Waals surface area (Å²) in [5, 5.41) is 0. The van der Waals surface area contributed by atoms with E-state index in [4.69, 9.17) is 4.98 Å². The maximum absolute atomic E-state index is 4.95. The monoisotopic (exact) mass is 312 g/mol. The highest BCUT2D eigenvalue weighted by Crippen LogP contribution is 2.32. The van der Waals surface area contributed by atoms with E-state index in [0.717, 1.165) is 22.4 Å². The molecule has 0 aliphatic heterocycles. The number of aryl methyl sites for hydroxylation is 3. The Balaban J connectivity index is 2.14. The Morgan fingerprint density at radius 2 is 1.46 bits per heavy atom. The van der Waals surface area contributed by atoms with E-state index in [2.05, 4.69) is 86.0 Å². The standard InChI is InChI=1S/C22H20N2/c1-15-12-13-19-20(14-15)24(21-16(2)8-7-9-17(21)3)22(23-19)18-10-5-4-6-11-18/h4-14H,1-3H3. The van der Waals surface area contributed by atoms with Crippen molar-refractivity contribution in [3.8, 4) is 17.1 Å². The molecule has 0 spiro atoms. The Bertz CT molecular complexity index is 1010. The lowest BCUT2D eigenvalue weighted by molar-refractivity contribution is 1.06. The Kier molecular flexibility index (Phi) is 3.46. The number of fused-ring (bicyclic) bond motifs is 1. The Labute approximate surface area is 142 Å². The van der Waals surface area contributed by atoms with Crippen molar-refractivity contribution in [2.45, 2.75) is 20.8 Å². The van der Waals surface area contributed by atoms with Gasteiger partial charge in [-0.05, 0) is 49.6 Å². The largest absolute Gasteiger partial charge is 0.292 e. The Morgan fingerprint density at radius 1 is 0.750 bits per heavy atom. The van der Waals surface area contributed by atoms with E-state index in [-0.39, 0.29) is 0 Å². The molecule has 0 N–H and O–H groups in total. The van der Waals surface area contributed by atoms with Crippen LogP contribution in [0.4, 0.5) is 0 Å². The third kappa shape index (κ3) is 2.31. The summed E-state index contributed by atoms with van der Waals surface area (Å²) in [6.07, 6.45) is 0. The molecule has 0 amide bonds. The normalized spacial score (nSPS) is 11.1. The van der Waals surface area contributed by atoms with Gasteiger partial charge in [-0.1, -0.05) is 54.6 Å². The number of hydrogen-bond donors (Lipinski definition) is 0. The lowest BCUT2D eigenvalue weighted by Gasteiger charge is -2.15. The Hall–Kier alpha value is -2.87. The number of benzene rings is 3. The SMILES string of the molecule is Cc1ccc2nc(-c3ccccc3)n(-c3c(C)cccc3C)c2c1. The number of nitrogens with zero attached hydrogens (tertiary/aromatic N) is 2. The first-order chi connectivity index (χ1) is 11.6. The van der Waals surface area contributed by atoms with E-state index in [0.29, 0.717) is 0 Å². The lowest BCUT2D eigenvalue weighted by Crippen LogP contribution is -2.02. The molecule has 4 aromatic rings. The van der Waals surface area contributed by atoms with Crippen LogP contribution in [0.2, 0.25) is 0 Å². The van der Waals surface area contributed by atoms with Crippen LogP contribution in [0.5, 0.6) is 0 Å². The van der Waals surface area contributed by atoms with Crippen molar-refractivity contribution in [2.24, 2.45) is 0 Å². The summed E-state index contributed by atoms with van der Waals surface area (Å²) in [5.74, 6) is 0.994. The molecule has 1 aromatic heterocycles. The molecular weight excluding hydrogens is 292 g/mol. The third-order valence-corrected chi connectivity index (χ3v) is 4.51. The maximum Gasteiger partial charge on any atom is 0.145 e. The maximum atomic E-state index is 4.95. The van der Waals surface area contributed by atoms with Gasteiger partial charge < -0.3 is 0 Å². The molecule has 0 bridgehead atoms. The molecule has 0 radical (unpaired) electrons. The van der Waals surface area contributed by atoms with Crippen LogP contribution in [-0.2, 0) is 0 Å². The average Bonchev–Trinajstić information content (AvgIpc) is 2.94. The quantitative estimate of drug-likeness (QED) is 0.470. The lowest BCUT2D eigenvalue weighted by atomic mass is 10.1. The highest BCUT2D eigenvalue weighted by Gasteiger charge is 2.17. The fourth-order valence-corrected chi connectivity index (χ4v) is 3.35. The summed E-state index contributed by atoms with van der Waals surface area (Å²) >= 11 is 0. The van der Waals surface area contributed by atoms with Crippen molar-refractivity contribution in [3.63, 3.8) is 0 Å². The van der Waals surface area contributed by atoms with Crippen LogP contribution >= 0.6 is 0 Å². The molecule has 24 heavy (non-hydrogen) atoms. The number of aromatic nitrogens is 2. The number of para-hydroxylation sites is 1. The van der Waals surface area contributed by atoms with E-state index < -0.39 is 0 Å². The number of rotatable bonds is 2. The number of hydrogen-bond acceptors (Lipinski definition) is 1. The van der Waals surface area contributed by atoms with E-state index >= 15 is 0 Å². The highest BCUT2D eigenvalue weighted by atomic mass is 15.1. The van der Waals surface area contributed by atoms with Gasteiger partial charge in [0.25, 0.3) is 0 Å². The summed E-state index contributed by atoms with van der Waals surface area (Å²) in [6.45, 7) is 6.46. The van der Waals surface area contributed by atoms with Crippen molar-refractivity contribution in [1.82, 2.24) is 9.55 Å². The molecule has 0 fully saturated rings. The first-order valence-electron chi connectivity index (χ1n) is 8.26. The van der Waals surface area contributed by atoms with Crippen LogP contribution < -0.4 is 0 Å². The smallest absolute Gasteiger partial charge is 0.145 e. The van der Waals surface area contributed by atoms with Crippen LogP contribution in [0, 0.1) is 20.8 Å². The molecule has 1 heterocycles. The summed E-state index contributed by atoms with van der Waals surface area (Å²) in [5.41, 5.74) is 8.31. The molecule has 0 saturated carbocycles. The van der Waals surface area contributed by atoms with E-state index in [9.17, 15) is 0 Å². The summed E-state index contributed by atoms with van der Waals surface area (Å²) in [6, 6.07) is 23.3. The second-order valence-electron chi connectivity index (χ2n) is 6.37. The zero-order valence-electron chi connectivity index (χ0n) is 14.2. The van der Waals surface area contributed by atoms with Crippen molar-refractivity contribution in [2.75, 3.05) is 0 Å². The van der Waals surface area contributed by atoms with Gasteiger partial charge in [0.05, 0.1) is 16.7 Å². The average molecular weight is 312 g/mol. The topological polar surface area (TPSA) is 17.8 Å². The van der Waals surface area contributed by atoms with Crippen molar-refractivity contribution >= 4 is 11.0 Å². The minimum absolute atomic E-state index is 0.994. The van der Waals surface area contributed by atoms with Crippen LogP contribution in [0.15, 0.2) is 66.7 Å². The van der Waals surface area contributed by atoms with Crippen LogP contribution in [0.25, 0.3) is 28.1 Å². The zero-order chi connectivity index (χ0) is 16.7. The molecule has 4 rings (SSSR count). The van der Waals surface area contributed by atoms with Gasteiger partial charge in [0.15, 0.2) is 0 Å². The van der Waals surface area contributed by atoms with Crippen molar-refractivity contribution in [3.05, 3.63) is 83.4 Å². The fraction of sp³-hybridized carbons (Fsp3) is 0.136. The summed E-state index contributed by atoms with van der Waals surface area (Å²) in [7, 11) is 0. The van der Waals surface area contributed by atoms with E-state index in [1.807, 2.05) is 6.07 Å². The van der Waals surface area contributed by atoms with Gasteiger partial charge in [-0.3, -0.25) is 4.57 Å². The summed E-state index contributed by atoms with van der Waals surface area (Å²) < 4.78 is 2.31.